The van der Waals surface area contributed by atoms with E-state index in [1.807, 2.05) is 62.0 Å². The van der Waals surface area contributed by atoms with Crippen LogP contribution in [0.3, 0.4) is 0 Å². The van der Waals surface area contributed by atoms with Gasteiger partial charge in [0.1, 0.15) is 5.82 Å². The zero-order valence-corrected chi connectivity index (χ0v) is 21.8. The Morgan fingerprint density at radius 3 is 2.67 bits per heavy atom. The second-order valence-corrected chi connectivity index (χ2v) is 8.70. The van der Waals surface area contributed by atoms with E-state index in [9.17, 15) is 13.2 Å². The topological polar surface area (TPSA) is 88.1 Å². The molecule has 0 spiro atoms. The molecule has 154 valence electrons. The number of rotatable bonds is 8. The zero-order valence-electron chi connectivity index (χ0n) is 17.9. The molecule has 2 heterocycles. The van der Waals surface area contributed by atoms with Crippen LogP contribution in [0.25, 0.3) is 27.5 Å². The van der Waals surface area contributed by atoms with Gasteiger partial charge in [-0.1, -0.05) is 38.0 Å². The fourth-order valence-corrected chi connectivity index (χ4v) is 4.31. The van der Waals surface area contributed by atoms with Gasteiger partial charge in [0, 0.05) is 24.6 Å². The van der Waals surface area contributed by atoms with Gasteiger partial charge >= 0.3 is 51.4 Å². The Morgan fingerprint density at radius 2 is 1.93 bits per heavy atom. The van der Waals surface area contributed by atoms with Crippen LogP contribution in [0.4, 0.5) is 0 Å². The van der Waals surface area contributed by atoms with E-state index in [1.54, 1.807) is 10.8 Å². The van der Waals surface area contributed by atoms with Gasteiger partial charge < -0.3 is 14.1 Å². The van der Waals surface area contributed by atoms with Crippen LogP contribution in [0, 0.1) is 6.92 Å². The molecule has 2 aromatic heterocycles. The molecule has 0 saturated carbocycles. The van der Waals surface area contributed by atoms with Gasteiger partial charge in [0.05, 0.1) is 27.1 Å². The smallest absolute Gasteiger partial charge is 0.542 e. The van der Waals surface area contributed by atoms with Crippen LogP contribution in [0.5, 0.6) is 0 Å². The first kappa shape index (κ1) is 25.0. The van der Waals surface area contributed by atoms with Gasteiger partial charge in [-0.2, -0.15) is 5.10 Å². The molecule has 0 aliphatic carbocycles. The van der Waals surface area contributed by atoms with Gasteiger partial charge in [-0.3, -0.25) is 4.68 Å². The van der Waals surface area contributed by atoms with E-state index in [0.717, 1.165) is 40.8 Å². The number of benzene rings is 1. The number of unbranched alkanes of at least 4 members (excludes halogenated alkanes) is 2. The molecule has 0 fully saturated rings. The molecule has 0 bridgehead atoms. The van der Waals surface area contributed by atoms with E-state index in [0.29, 0.717) is 6.42 Å². The number of nitrogens with zero attached hydrogens (tertiary/aromatic N) is 4. The van der Waals surface area contributed by atoms with Crippen molar-refractivity contribution in [1.82, 2.24) is 14.3 Å². The molecule has 30 heavy (non-hydrogen) atoms. The molecule has 0 aliphatic rings. The molecule has 9 heteroatoms. The van der Waals surface area contributed by atoms with Gasteiger partial charge in [-0.25, -0.2) is 8.42 Å². The van der Waals surface area contributed by atoms with Crippen molar-refractivity contribution in [3.63, 3.8) is 0 Å². The Morgan fingerprint density at radius 1 is 1.20 bits per heavy atom. The van der Waals surface area contributed by atoms with Gasteiger partial charge in [0.2, 0.25) is 0 Å². The largest absolute Gasteiger partial charge is 1.00 e. The van der Waals surface area contributed by atoms with Crippen molar-refractivity contribution in [3.05, 3.63) is 58.6 Å². The predicted molar refractivity (Wildman–Crippen MR) is 115 cm³/mol. The zero-order chi connectivity index (χ0) is 21.0. The van der Waals surface area contributed by atoms with E-state index >= 15 is 0 Å². The summed E-state index contributed by atoms with van der Waals surface area (Å²) >= 11 is 0. The molecule has 0 unspecified atom stereocenters. The number of hydrogen-bond acceptors (Lipinski definition) is 4. The number of sulfonamides is 1. The first-order valence-electron chi connectivity index (χ1n) is 9.60. The second-order valence-electron chi connectivity index (χ2n) is 6.95. The number of fused-ring (bicyclic) bond motifs is 1. The SMILES string of the molecule is CCCCCS(=O)(=O)[N-]C(=O)/C=C/c1c(C)nn(C)c1-n1ccc2ccccc21.[K+]. The molecule has 1 aromatic carbocycles. The van der Waals surface area contributed by atoms with Crippen molar-refractivity contribution in [1.29, 1.82) is 0 Å². The molecular formula is C21H25KN4O3S. The maximum absolute atomic E-state index is 12.1. The van der Waals surface area contributed by atoms with Crippen molar-refractivity contribution < 1.29 is 64.6 Å². The number of amides is 1. The molecule has 0 aliphatic heterocycles. The molecule has 0 radical (unpaired) electrons. The van der Waals surface area contributed by atoms with Crippen LogP contribution in [0.1, 0.15) is 37.4 Å². The second kappa shape index (κ2) is 10.9. The first-order valence-corrected chi connectivity index (χ1v) is 11.2. The maximum atomic E-state index is 12.1. The van der Waals surface area contributed by atoms with Gasteiger partial charge in [-0.05, 0) is 43.0 Å². The molecule has 7 nitrogen and oxygen atoms in total. The average molecular weight is 453 g/mol. The quantitative estimate of drug-likeness (QED) is 0.291. The monoisotopic (exact) mass is 452 g/mol. The Kier molecular flexibility index (Phi) is 9.07. The maximum Gasteiger partial charge on any atom is 1.00 e. The number of hydrogen-bond donors (Lipinski definition) is 0. The number of aromatic nitrogens is 3. The van der Waals surface area contributed by atoms with Crippen LogP contribution < -0.4 is 51.4 Å². The van der Waals surface area contributed by atoms with E-state index < -0.39 is 15.9 Å². The summed E-state index contributed by atoms with van der Waals surface area (Å²) in [5.41, 5.74) is 2.48. The Bertz CT molecular complexity index is 1160. The van der Waals surface area contributed by atoms with Gasteiger partial charge in [0.25, 0.3) is 0 Å². The average Bonchev–Trinajstić information content (AvgIpc) is 3.19. The van der Waals surface area contributed by atoms with Crippen LogP contribution in [-0.4, -0.2) is 34.4 Å². The summed E-state index contributed by atoms with van der Waals surface area (Å²) in [5.74, 6) is -0.0981. The first-order chi connectivity index (χ1) is 13.8. The molecule has 3 aromatic rings. The summed E-state index contributed by atoms with van der Waals surface area (Å²) in [6, 6.07) is 9.98. The fraction of sp³-hybridized carbons (Fsp3) is 0.333. The Balaban J connectivity index is 0.00000320. The third-order valence-corrected chi connectivity index (χ3v) is 5.96. The van der Waals surface area contributed by atoms with Gasteiger partial charge in [-0.15, -0.1) is 0 Å². The Hall–Kier alpha value is -1.23. The van der Waals surface area contributed by atoms with Crippen LogP contribution >= 0.6 is 0 Å². The normalized spacial score (nSPS) is 11.7. The molecule has 1 amide bonds. The van der Waals surface area contributed by atoms with E-state index in [-0.39, 0.29) is 57.1 Å². The number of carbonyl (C=O) groups is 1. The standard InChI is InChI=1S/C21H26N4O3S.K/c1-4-5-8-15-29(27,28)23-20(26)12-11-18-16(2)22-24(3)21(18)25-14-13-17-9-6-7-10-19(17)25;/h6-7,9-14H,4-5,8,15H2,1-3H3,(H,23,26);/q;+1/p-1/b12-11+;. The van der Waals surface area contributed by atoms with Crippen molar-refractivity contribution in [2.24, 2.45) is 7.05 Å². The summed E-state index contributed by atoms with van der Waals surface area (Å²) in [7, 11) is -1.91. The van der Waals surface area contributed by atoms with E-state index in [2.05, 4.69) is 9.82 Å². The number of aryl methyl sites for hydroxylation is 2. The minimum absolute atomic E-state index is 0. The minimum Gasteiger partial charge on any atom is -0.542 e. The minimum atomic E-state index is -3.75. The third-order valence-electron chi connectivity index (χ3n) is 4.69. The van der Waals surface area contributed by atoms with E-state index in [4.69, 9.17) is 0 Å². The van der Waals surface area contributed by atoms with Crippen molar-refractivity contribution in [3.8, 4) is 5.82 Å². The van der Waals surface area contributed by atoms with Crippen LogP contribution in [0.15, 0.2) is 42.6 Å². The summed E-state index contributed by atoms with van der Waals surface area (Å²) in [4.78, 5) is 12.1. The summed E-state index contributed by atoms with van der Waals surface area (Å²) in [5, 5.41) is 5.55. The summed E-state index contributed by atoms with van der Waals surface area (Å²) in [6.07, 6.45) is 6.92. The third kappa shape index (κ3) is 5.92. The predicted octanol–water partition coefficient (Wildman–Crippen LogP) is 1.11. The molecule has 0 N–H and O–H groups in total. The van der Waals surface area contributed by atoms with Crippen molar-refractivity contribution in [2.75, 3.05) is 5.75 Å². The van der Waals surface area contributed by atoms with Crippen molar-refractivity contribution >= 4 is 32.9 Å². The number of carbonyl (C=O) groups excluding carboxylic acids is 1. The number of para-hydroxylation sites is 1. The molecule has 0 saturated heterocycles. The fourth-order valence-electron chi connectivity index (χ4n) is 3.31. The van der Waals surface area contributed by atoms with Gasteiger partial charge in [0.15, 0.2) is 0 Å². The molecule has 0 atom stereocenters. The van der Waals surface area contributed by atoms with Crippen LogP contribution in [-0.2, 0) is 21.9 Å². The van der Waals surface area contributed by atoms with E-state index in [1.165, 1.54) is 6.08 Å². The molecule has 3 rings (SSSR count). The molecular weight excluding hydrogens is 427 g/mol. The van der Waals surface area contributed by atoms with Crippen LogP contribution in [0.2, 0.25) is 0 Å². The Labute approximate surface area is 220 Å². The summed E-state index contributed by atoms with van der Waals surface area (Å²) in [6.45, 7) is 3.83. The van der Waals surface area contributed by atoms with Crippen molar-refractivity contribution in [2.45, 2.75) is 33.1 Å². The summed E-state index contributed by atoms with van der Waals surface area (Å²) < 4.78 is 31.0.